The molecule has 0 saturated carbocycles. The topological polar surface area (TPSA) is 43.8 Å². The summed E-state index contributed by atoms with van der Waals surface area (Å²) in [5.74, 6) is 0.535. The molecule has 0 aliphatic carbocycles. The molecule has 98 valence electrons. The highest BCUT2D eigenvalue weighted by molar-refractivity contribution is 9.11. The first kappa shape index (κ1) is 13.0. The third-order valence-electron chi connectivity index (χ3n) is 2.95. The van der Waals surface area contributed by atoms with Crippen molar-refractivity contribution in [1.29, 1.82) is 0 Å². The van der Waals surface area contributed by atoms with E-state index in [1.807, 2.05) is 22.8 Å². The first-order valence-electron chi connectivity index (χ1n) is 5.79. The van der Waals surface area contributed by atoms with Gasteiger partial charge in [-0.3, -0.25) is 0 Å². The number of nitrogens with two attached hydrogens (primary N) is 1. The van der Waals surface area contributed by atoms with Crippen LogP contribution < -0.4 is 5.73 Å². The van der Waals surface area contributed by atoms with Gasteiger partial charge in [0.15, 0.2) is 0 Å². The Labute approximate surface area is 128 Å². The normalized spacial score (nSPS) is 11.3. The van der Waals surface area contributed by atoms with E-state index in [2.05, 4.69) is 33.0 Å². The number of rotatable bonds is 3. The third-order valence-corrected chi connectivity index (χ3v) is 4.87. The fourth-order valence-electron chi connectivity index (χ4n) is 2.06. The Bertz CT molecular complexity index is 735. The molecule has 0 unspecified atom stereocenters. The highest BCUT2D eigenvalue weighted by atomic mass is 79.9. The summed E-state index contributed by atoms with van der Waals surface area (Å²) in [5.41, 5.74) is 7.85. The molecule has 3 rings (SSSR count). The lowest BCUT2D eigenvalue weighted by Crippen LogP contribution is -2.05. The average Bonchev–Trinajstić information content (AvgIpc) is 2.90. The smallest absolute Gasteiger partial charge is 0.201 e. The SMILES string of the molecule is Nc1nc2ccc(Cl)cc2n1CCc1ccc(Br)s1. The van der Waals surface area contributed by atoms with Gasteiger partial charge in [0.05, 0.1) is 14.8 Å². The first-order chi connectivity index (χ1) is 9.13. The maximum atomic E-state index is 6.03. The van der Waals surface area contributed by atoms with Gasteiger partial charge in [-0.25, -0.2) is 4.98 Å². The Morgan fingerprint density at radius 3 is 2.89 bits per heavy atom. The molecule has 0 saturated heterocycles. The minimum absolute atomic E-state index is 0.535. The van der Waals surface area contributed by atoms with Crippen LogP contribution in [0, 0.1) is 0 Å². The lowest BCUT2D eigenvalue weighted by Gasteiger charge is -2.05. The minimum Gasteiger partial charge on any atom is -0.369 e. The van der Waals surface area contributed by atoms with Crippen LogP contribution in [0.15, 0.2) is 34.1 Å². The van der Waals surface area contributed by atoms with E-state index in [-0.39, 0.29) is 0 Å². The van der Waals surface area contributed by atoms with Crippen LogP contribution in [-0.4, -0.2) is 9.55 Å². The molecule has 1 aromatic carbocycles. The number of anilines is 1. The molecule has 19 heavy (non-hydrogen) atoms. The first-order valence-corrected chi connectivity index (χ1v) is 7.78. The van der Waals surface area contributed by atoms with Crippen LogP contribution in [-0.2, 0) is 13.0 Å². The second kappa shape index (κ2) is 5.15. The highest BCUT2D eigenvalue weighted by Crippen LogP contribution is 2.25. The van der Waals surface area contributed by atoms with Crippen LogP contribution in [0.5, 0.6) is 0 Å². The van der Waals surface area contributed by atoms with Gasteiger partial charge < -0.3 is 10.3 Å². The molecule has 3 aromatic rings. The number of fused-ring (bicyclic) bond motifs is 1. The van der Waals surface area contributed by atoms with E-state index in [0.29, 0.717) is 11.0 Å². The molecular formula is C13H11BrClN3S. The van der Waals surface area contributed by atoms with Crippen LogP contribution in [0.1, 0.15) is 4.88 Å². The van der Waals surface area contributed by atoms with E-state index >= 15 is 0 Å². The second-order valence-electron chi connectivity index (χ2n) is 4.21. The zero-order valence-corrected chi connectivity index (χ0v) is 13.1. The Morgan fingerprint density at radius 2 is 2.16 bits per heavy atom. The Morgan fingerprint density at radius 1 is 1.32 bits per heavy atom. The lowest BCUT2D eigenvalue weighted by molar-refractivity contribution is 0.733. The van der Waals surface area contributed by atoms with Gasteiger partial charge in [0.25, 0.3) is 0 Å². The van der Waals surface area contributed by atoms with Crippen LogP contribution in [0.4, 0.5) is 5.95 Å². The van der Waals surface area contributed by atoms with Crippen LogP contribution >= 0.6 is 38.9 Å². The molecule has 0 spiro atoms. The van der Waals surface area contributed by atoms with Gasteiger partial charge in [-0.15, -0.1) is 11.3 Å². The number of nitrogens with zero attached hydrogens (tertiary/aromatic N) is 2. The number of halogens is 2. The standard InChI is InChI=1S/C13H11BrClN3S/c14-12-4-2-9(19-12)5-6-18-11-7-8(15)1-3-10(11)17-13(18)16/h1-4,7H,5-6H2,(H2,16,17). The highest BCUT2D eigenvalue weighted by Gasteiger charge is 2.09. The average molecular weight is 357 g/mol. The van der Waals surface area contributed by atoms with E-state index in [9.17, 15) is 0 Å². The van der Waals surface area contributed by atoms with Gasteiger partial charge in [-0.05, 0) is 52.7 Å². The third kappa shape index (κ3) is 2.63. The fraction of sp³-hybridized carbons (Fsp3) is 0.154. The number of nitrogen functional groups attached to an aromatic ring is 1. The monoisotopic (exact) mass is 355 g/mol. The number of hydrogen-bond acceptors (Lipinski definition) is 3. The summed E-state index contributed by atoms with van der Waals surface area (Å²) in [6.45, 7) is 0.801. The number of imidazole rings is 1. The van der Waals surface area contributed by atoms with E-state index in [0.717, 1.165) is 27.8 Å². The number of hydrogen-bond donors (Lipinski definition) is 1. The van der Waals surface area contributed by atoms with Gasteiger partial charge in [0, 0.05) is 16.4 Å². The molecular weight excluding hydrogens is 346 g/mol. The van der Waals surface area contributed by atoms with Crippen molar-refractivity contribution in [2.45, 2.75) is 13.0 Å². The summed E-state index contributed by atoms with van der Waals surface area (Å²) in [6, 6.07) is 9.82. The summed E-state index contributed by atoms with van der Waals surface area (Å²) < 4.78 is 3.16. The minimum atomic E-state index is 0.535. The molecule has 2 aromatic heterocycles. The Balaban J connectivity index is 1.91. The second-order valence-corrected chi connectivity index (χ2v) is 7.19. The maximum absolute atomic E-state index is 6.03. The largest absolute Gasteiger partial charge is 0.369 e. The van der Waals surface area contributed by atoms with Gasteiger partial charge in [-0.1, -0.05) is 11.6 Å². The van der Waals surface area contributed by atoms with Crippen molar-refractivity contribution in [2.75, 3.05) is 5.73 Å². The molecule has 6 heteroatoms. The van der Waals surface area contributed by atoms with Gasteiger partial charge in [-0.2, -0.15) is 0 Å². The van der Waals surface area contributed by atoms with E-state index in [4.69, 9.17) is 17.3 Å². The lowest BCUT2D eigenvalue weighted by atomic mass is 10.3. The number of benzene rings is 1. The van der Waals surface area contributed by atoms with Crippen molar-refractivity contribution in [2.24, 2.45) is 0 Å². The Kier molecular flexibility index (Phi) is 3.52. The summed E-state index contributed by atoms with van der Waals surface area (Å²) in [5, 5.41) is 0.701. The molecule has 0 amide bonds. The molecule has 0 bridgehead atoms. The van der Waals surface area contributed by atoms with Gasteiger partial charge in [0.2, 0.25) is 5.95 Å². The van der Waals surface area contributed by atoms with Crippen LogP contribution in [0.25, 0.3) is 11.0 Å². The molecule has 0 atom stereocenters. The number of aromatic nitrogens is 2. The number of aryl methyl sites for hydroxylation is 2. The van der Waals surface area contributed by atoms with Crippen molar-refractivity contribution >= 4 is 55.8 Å². The molecule has 0 aliphatic rings. The summed E-state index contributed by atoms with van der Waals surface area (Å²) in [6.07, 6.45) is 0.929. The maximum Gasteiger partial charge on any atom is 0.201 e. The quantitative estimate of drug-likeness (QED) is 0.758. The molecule has 2 heterocycles. The summed E-state index contributed by atoms with van der Waals surface area (Å²) in [7, 11) is 0. The van der Waals surface area contributed by atoms with E-state index < -0.39 is 0 Å². The summed E-state index contributed by atoms with van der Waals surface area (Å²) >= 11 is 11.2. The Hall–Kier alpha value is -1.04. The molecule has 2 N–H and O–H groups in total. The fourth-order valence-corrected chi connectivity index (χ4v) is 3.70. The van der Waals surface area contributed by atoms with Crippen molar-refractivity contribution in [3.63, 3.8) is 0 Å². The zero-order chi connectivity index (χ0) is 13.4. The number of thiophene rings is 1. The van der Waals surface area contributed by atoms with E-state index in [1.54, 1.807) is 11.3 Å². The van der Waals surface area contributed by atoms with E-state index in [1.165, 1.54) is 4.88 Å². The zero-order valence-electron chi connectivity index (χ0n) is 9.94. The summed E-state index contributed by atoms with van der Waals surface area (Å²) in [4.78, 5) is 5.66. The van der Waals surface area contributed by atoms with Crippen molar-refractivity contribution in [3.05, 3.63) is 44.0 Å². The van der Waals surface area contributed by atoms with Gasteiger partial charge >= 0.3 is 0 Å². The molecule has 0 fully saturated rings. The molecule has 3 nitrogen and oxygen atoms in total. The molecule has 0 radical (unpaired) electrons. The van der Waals surface area contributed by atoms with Crippen molar-refractivity contribution in [1.82, 2.24) is 9.55 Å². The predicted octanol–water partition coefficient (Wildman–Crippen LogP) is 4.34. The van der Waals surface area contributed by atoms with Crippen LogP contribution in [0.3, 0.4) is 0 Å². The van der Waals surface area contributed by atoms with Crippen molar-refractivity contribution in [3.8, 4) is 0 Å². The van der Waals surface area contributed by atoms with Gasteiger partial charge in [0.1, 0.15) is 0 Å². The van der Waals surface area contributed by atoms with Crippen molar-refractivity contribution < 1.29 is 0 Å². The van der Waals surface area contributed by atoms with Crippen LogP contribution in [0.2, 0.25) is 5.02 Å². The predicted molar refractivity (Wildman–Crippen MR) is 84.9 cm³/mol. The molecule has 0 aliphatic heterocycles.